The molecule has 0 spiro atoms. The molecule has 0 aliphatic carbocycles. The van der Waals surface area contributed by atoms with Gasteiger partial charge < -0.3 is 0 Å². The molecule has 118 valence electrons. The Morgan fingerprint density at radius 3 is 2.19 bits per heavy atom. The molecule has 1 atom stereocenters. The summed E-state index contributed by atoms with van der Waals surface area (Å²) in [6.45, 7) is 9.57. The lowest BCUT2D eigenvalue weighted by atomic mass is 9.98. The molecule has 1 aromatic carbocycles. The number of benzene rings is 1. The first-order valence-electron chi connectivity index (χ1n) is 7.86. The number of carbonyl (C=O) groups excluding carboxylic acids is 1. The van der Waals surface area contributed by atoms with Gasteiger partial charge in [-0.2, -0.15) is 0 Å². The van der Waals surface area contributed by atoms with Crippen molar-refractivity contribution in [3.63, 3.8) is 0 Å². The second-order valence-electron chi connectivity index (χ2n) is 5.88. The van der Waals surface area contributed by atoms with E-state index in [0.717, 1.165) is 24.9 Å². The molecule has 0 aliphatic heterocycles. The highest BCUT2D eigenvalue weighted by Crippen LogP contribution is 2.26. The topological polar surface area (TPSA) is 58.4 Å². The molecule has 0 bridgehead atoms. The van der Waals surface area contributed by atoms with Gasteiger partial charge in [0.2, 0.25) is 0 Å². The highest BCUT2D eigenvalue weighted by molar-refractivity contribution is 5.82. The standard InChI is InChI=1S/C17H29N3O/c1-5-15(6-2)20(12-13(3)4)16(17(21)19-18)14-10-8-7-9-11-14/h7-11,13,15-16H,5-6,12,18H2,1-4H3,(H,19,21). The average molecular weight is 291 g/mol. The van der Waals surface area contributed by atoms with Crippen LogP contribution in [0.4, 0.5) is 0 Å². The van der Waals surface area contributed by atoms with Gasteiger partial charge in [0.1, 0.15) is 6.04 Å². The molecule has 0 saturated carbocycles. The summed E-state index contributed by atoms with van der Waals surface area (Å²) in [6.07, 6.45) is 2.04. The minimum atomic E-state index is -0.330. The molecule has 1 rings (SSSR count). The van der Waals surface area contributed by atoms with E-state index in [1.54, 1.807) is 0 Å². The second-order valence-corrected chi connectivity index (χ2v) is 5.88. The van der Waals surface area contributed by atoms with Crippen molar-refractivity contribution >= 4 is 5.91 Å². The Morgan fingerprint density at radius 1 is 1.19 bits per heavy atom. The number of hydrogen-bond donors (Lipinski definition) is 2. The van der Waals surface area contributed by atoms with Crippen LogP contribution < -0.4 is 11.3 Å². The lowest BCUT2D eigenvalue weighted by Crippen LogP contribution is -2.48. The Hall–Kier alpha value is -1.39. The van der Waals surface area contributed by atoms with Crippen LogP contribution in [0.2, 0.25) is 0 Å². The van der Waals surface area contributed by atoms with Gasteiger partial charge in [-0.15, -0.1) is 0 Å². The Bertz CT molecular complexity index is 415. The van der Waals surface area contributed by atoms with Crippen molar-refractivity contribution in [2.24, 2.45) is 11.8 Å². The van der Waals surface area contributed by atoms with Crippen LogP contribution in [0, 0.1) is 5.92 Å². The van der Waals surface area contributed by atoms with E-state index in [1.165, 1.54) is 0 Å². The summed E-state index contributed by atoms with van der Waals surface area (Å²) in [7, 11) is 0. The number of rotatable bonds is 8. The third-order valence-electron chi connectivity index (χ3n) is 3.83. The lowest BCUT2D eigenvalue weighted by Gasteiger charge is -2.37. The van der Waals surface area contributed by atoms with E-state index in [2.05, 4.69) is 38.0 Å². The summed E-state index contributed by atoms with van der Waals surface area (Å²) in [5.41, 5.74) is 3.33. The summed E-state index contributed by atoms with van der Waals surface area (Å²) >= 11 is 0. The molecule has 1 aromatic rings. The summed E-state index contributed by atoms with van der Waals surface area (Å²) in [6, 6.07) is 9.92. The van der Waals surface area contributed by atoms with E-state index < -0.39 is 0 Å². The molecular formula is C17H29N3O. The van der Waals surface area contributed by atoms with Crippen LogP contribution in [-0.2, 0) is 4.79 Å². The van der Waals surface area contributed by atoms with Gasteiger partial charge in [0.15, 0.2) is 0 Å². The highest BCUT2D eigenvalue weighted by Gasteiger charge is 2.31. The summed E-state index contributed by atoms with van der Waals surface area (Å²) in [5, 5.41) is 0. The maximum absolute atomic E-state index is 12.4. The van der Waals surface area contributed by atoms with Gasteiger partial charge in [-0.05, 0) is 24.3 Å². The van der Waals surface area contributed by atoms with Gasteiger partial charge in [0.25, 0.3) is 5.91 Å². The molecule has 4 nitrogen and oxygen atoms in total. The fraction of sp³-hybridized carbons (Fsp3) is 0.588. The van der Waals surface area contributed by atoms with E-state index in [9.17, 15) is 4.79 Å². The van der Waals surface area contributed by atoms with Gasteiger partial charge >= 0.3 is 0 Å². The number of amides is 1. The highest BCUT2D eigenvalue weighted by atomic mass is 16.2. The number of nitrogens with two attached hydrogens (primary N) is 1. The fourth-order valence-electron chi connectivity index (χ4n) is 2.85. The van der Waals surface area contributed by atoms with Gasteiger partial charge in [-0.3, -0.25) is 15.1 Å². The van der Waals surface area contributed by atoms with Crippen LogP contribution in [0.25, 0.3) is 0 Å². The van der Waals surface area contributed by atoms with Gasteiger partial charge in [-0.1, -0.05) is 58.0 Å². The van der Waals surface area contributed by atoms with E-state index in [0.29, 0.717) is 12.0 Å². The second kappa shape index (κ2) is 8.80. The largest absolute Gasteiger partial charge is 0.293 e. The smallest absolute Gasteiger partial charge is 0.255 e. The molecule has 0 fully saturated rings. The first-order chi connectivity index (χ1) is 10.0. The third-order valence-corrected chi connectivity index (χ3v) is 3.83. The van der Waals surface area contributed by atoms with Crippen molar-refractivity contribution in [3.05, 3.63) is 35.9 Å². The zero-order valence-electron chi connectivity index (χ0n) is 13.7. The molecule has 1 amide bonds. The number of hydrazine groups is 1. The van der Waals surface area contributed by atoms with Crippen LogP contribution in [-0.4, -0.2) is 23.4 Å². The molecule has 21 heavy (non-hydrogen) atoms. The minimum Gasteiger partial charge on any atom is -0.293 e. The van der Waals surface area contributed by atoms with Gasteiger partial charge in [-0.25, -0.2) is 5.84 Å². The summed E-state index contributed by atoms with van der Waals surface area (Å²) < 4.78 is 0. The number of nitrogens with one attached hydrogen (secondary N) is 1. The van der Waals surface area contributed by atoms with Crippen LogP contribution in [0.1, 0.15) is 52.1 Å². The van der Waals surface area contributed by atoms with Crippen molar-refractivity contribution in [2.75, 3.05) is 6.54 Å². The van der Waals surface area contributed by atoms with Crippen molar-refractivity contribution in [3.8, 4) is 0 Å². The monoisotopic (exact) mass is 291 g/mol. The molecular weight excluding hydrogens is 262 g/mol. The molecule has 3 N–H and O–H groups in total. The van der Waals surface area contributed by atoms with E-state index in [-0.39, 0.29) is 11.9 Å². The number of carbonyl (C=O) groups is 1. The van der Waals surface area contributed by atoms with Crippen molar-refractivity contribution < 1.29 is 4.79 Å². The van der Waals surface area contributed by atoms with E-state index >= 15 is 0 Å². The van der Waals surface area contributed by atoms with Crippen LogP contribution in [0.5, 0.6) is 0 Å². The quantitative estimate of drug-likeness (QED) is 0.440. The van der Waals surface area contributed by atoms with Gasteiger partial charge in [0, 0.05) is 12.6 Å². The average Bonchev–Trinajstić information content (AvgIpc) is 2.49. The van der Waals surface area contributed by atoms with Gasteiger partial charge in [0.05, 0.1) is 0 Å². The molecule has 0 heterocycles. The maximum atomic E-state index is 12.4. The third kappa shape index (κ3) is 4.83. The molecule has 4 heteroatoms. The van der Waals surface area contributed by atoms with Crippen LogP contribution in [0.15, 0.2) is 30.3 Å². The SMILES string of the molecule is CCC(CC)N(CC(C)C)C(C(=O)NN)c1ccccc1. The lowest BCUT2D eigenvalue weighted by molar-refractivity contribution is -0.128. The van der Waals surface area contributed by atoms with Crippen molar-refractivity contribution in [1.29, 1.82) is 0 Å². The molecule has 0 radical (unpaired) electrons. The predicted octanol–water partition coefficient (Wildman–Crippen LogP) is 2.86. The maximum Gasteiger partial charge on any atom is 0.255 e. The molecule has 0 aromatic heterocycles. The van der Waals surface area contributed by atoms with E-state index in [4.69, 9.17) is 5.84 Å². The van der Waals surface area contributed by atoms with Crippen LogP contribution in [0.3, 0.4) is 0 Å². The molecule has 0 aliphatic rings. The Labute approximate surface area is 128 Å². The number of hydrogen-bond acceptors (Lipinski definition) is 3. The molecule has 0 saturated heterocycles. The zero-order valence-corrected chi connectivity index (χ0v) is 13.7. The minimum absolute atomic E-state index is 0.145. The first kappa shape index (κ1) is 17.7. The normalized spacial score (nSPS) is 13.0. The Balaban J connectivity index is 3.19. The van der Waals surface area contributed by atoms with Crippen molar-refractivity contribution in [1.82, 2.24) is 10.3 Å². The first-order valence-corrected chi connectivity index (χ1v) is 7.86. The Morgan fingerprint density at radius 2 is 1.76 bits per heavy atom. The summed E-state index contributed by atoms with van der Waals surface area (Å²) in [5.74, 6) is 5.78. The fourth-order valence-corrected chi connectivity index (χ4v) is 2.85. The molecule has 1 unspecified atom stereocenters. The van der Waals surface area contributed by atoms with E-state index in [1.807, 2.05) is 30.3 Å². The Kier molecular flexibility index (Phi) is 7.40. The predicted molar refractivity (Wildman–Crippen MR) is 87.4 cm³/mol. The van der Waals surface area contributed by atoms with Crippen LogP contribution >= 0.6 is 0 Å². The van der Waals surface area contributed by atoms with Crippen molar-refractivity contribution in [2.45, 2.75) is 52.6 Å². The summed E-state index contributed by atoms with van der Waals surface area (Å²) in [4.78, 5) is 14.7. The zero-order chi connectivity index (χ0) is 15.8. The number of nitrogens with zero attached hydrogens (tertiary/aromatic N) is 1.